The number of aromatic nitrogens is 3. The predicted molar refractivity (Wildman–Crippen MR) is 70.9 cm³/mol. The van der Waals surface area contributed by atoms with Crippen LogP contribution in [0.2, 0.25) is 0 Å². The molecule has 0 amide bonds. The maximum Gasteiger partial charge on any atom is 0.344 e. The molecule has 0 radical (unpaired) electrons. The van der Waals surface area contributed by atoms with Gasteiger partial charge in [0.2, 0.25) is 5.82 Å². The van der Waals surface area contributed by atoms with Crippen LogP contribution in [0.25, 0.3) is 11.4 Å². The zero-order valence-electron chi connectivity index (χ0n) is 12.0. The number of hydrogen-bond donors (Lipinski definition) is 1. The fourth-order valence-electron chi connectivity index (χ4n) is 1.59. The summed E-state index contributed by atoms with van der Waals surface area (Å²) in [5.41, 5.74) is -0.182. The number of esters is 1. The van der Waals surface area contributed by atoms with Gasteiger partial charge in [0.25, 0.3) is 0 Å². The van der Waals surface area contributed by atoms with Crippen molar-refractivity contribution in [2.24, 2.45) is 0 Å². The van der Waals surface area contributed by atoms with Crippen LogP contribution >= 0.6 is 0 Å². The van der Waals surface area contributed by atoms with Crippen LogP contribution in [0.4, 0.5) is 8.78 Å². The van der Waals surface area contributed by atoms with Crippen LogP contribution in [0.5, 0.6) is 6.01 Å². The molecular weight excluding hydrogens is 316 g/mol. The Hall–Kier alpha value is -2.75. The lowest BCUT2D eigenvalue weighted by Crippen LogP contribution is -2.17. The minimum absolute atomic E-state index is 0.0621. The van der Waals surface area contributed by atoms with Crippen molar-refractivity contribution in [2.45, 2.75) is 0 Å². The lowest BCUT2D eigenvalue weighted by Gasteiger charge is -2.03. The van der Waals surface area contributed by atoms with Gasteiger partial charge in [-0.05, 0) is 12.1 Å². The highest BCUT2D eigenvalue weighted by Crippen LogP contribution is 2.22. The predicted octanol–water partition coefficient (Wildman–Crippen LogP) is 1.03. The summed E-state index contributed by atoms with van der Waals surface area (Å²) >= 11 is 0. The van der Waals surface area contributed by atoms with E-state index in [1.54, 1.807) is 0 Å². The molecule has 0 unspecified atom stereocenters. The third-order valence-electron chi connectivity index (χ3n) is 2.61. The second-order valence-corrected chi connectivity index (χ2v) is 4.23. The molecule has 10 heteroatoms. The highest BCUT2D eigenvalue weighted by Gasteiger charge is 2.17. The quantitative estimate of drug-likeness (QED) is 0.460. The van der Waals surface area contributed by atoms with Gasteiger partial charge >= 0.3 is 12.0 Å². The van der Waals surface area contributed by atoms with Crippen molar-refractivity contribution >= 4 is 5.97 Å². The Bertz CT molecular complexity index is 692. The molecule has 0 fully saturated rings. The molecule has 2 aromatic rings. The smallest absolute Gasteiger partial charge is 0.344 e. The van der Waals surface area contributed by atoms with E-state index in [0.717, 1.165) is 12.1 Å². The van der Waals surface area contributed by atoms with E-state index in [0.29, 0.717) is 6.07 Å². The Balaban J connectivity index is 2.02. The van der Waals surface area contributed by atoms with Gasteiger partial charge in [0.05, 0.1) is 12.2 Å². The van der Waals surface area contributed by atoms with E-state index in [1.165, 1.54) is 7.11 Å². The summed E-state index contributed by atoms with van der Waals surface area (Å²) in [4.78, 5) is 15.3. The molecule has 1 heterocycles. The molecular formula is C13H13F2N3O5. The number of halogens is 2. The number of hydrogen-bond acceptors (Lipinski definition) is 7. The van der Waals surface area contributed by atoms with Crippen molar-refractivity contribution in [1.29, 1.82) is 0 Å². The van der Waals surface area contributed by atoms with Gasteiger partial charge < -0.3 is 19.4 Å². The van der Waals surface area contributed by atoms with Gasteiger partial charge in [-0.3, -0.25) is 0 Å². The minimum atomic E-state index is -0.932. The van der Waals surface area contributed by atoms with Crippen LogP contribution in [0.15, 0.2) is 18.2 Å². The maximum absolute atomic E-state index is 13.7. The fraction of sp³-hybridized carbons (Fsp3) is 0.308. The van der Waals surface area contributed by atoms with Crippen LogP contribution in [0.3, 0.4) is 0 Å². The summed E-state index contributed by atoms with van der Waals surface area (Å²) in [7, 11) is 1.46. The lowest BCUT2D eigenvalue weighted by atomic mass is 10.2. The molecule has 1 aromatic heterocycles. The van der Waals surface area contributed by atoms with Crippen molar-refractivity contribution in [3.8, 4) is 17.4 Å². The van der Waals surface area contributed by atoms with Gasteiger partial charge in [-0.2, -0.15) is 4.98 Å². The number of benzene rings is 1. The number of carbonyl (C=O) groups is 1. The van der Waals surface area contributed by atoms with E-state index in [1.807, 2.05) is 0 Å². The molecule has 2 rings (SSSR count). The number of rotatable bonds is 7. The average molecular weight is 329 g/mol. The largest absolute Gasteiger partial charge is 0.461 e. The summed E-state index contributed by atoms with van der Waals surface area (Å²) in [5.74, 6) is -2.69. The SMILES string of the molecule is COCCOC(=O)COc1nc(-c2ccc(F)cc2F)n(O)n1. The number of nitrogens with zero attached hydrogens (tertiary/aromatic N) is 3. The second-order valence-electron chi connectivity index (χ2n) is 4.23. The fourth-order valence-corrected chi connectivity index (χ4v) is 1.59. The molecule has 0 aliphatic carbocycles. The maximum atomic E-state index is 13.7. The molecule has 0 spiro atoms. The normalized spacial score (nSPS) is 10.6. The second kappa shape index (κ2) is 7.49. The van der Waals surface area contributed by atoms with Crippen LogP contribution in [-0.2, 0) is 14.3 Å². The first kappa shape index (κ1) is 16.6. The third kappa shape index (κ3) is 4.36. The molecule has 0 aliphatic rings. The summed E-state index contributed by atoms with van der Waals surface area (Å²) < 4.78 is 40.9. The highest BCUT2D eigenvalue weighted by atomic mass is 19.1. The highest BCUT2D eigenvalue weighted by molar-refractivity contribution is 5.71. The Labute approximate surface area is 129 Å². The molecule has 1 N–H and O–H groups in total. The number of ether oxygens (including phenoxy) is 3. The average Bonchev–Trinajstić information content (AvgIpc) is 2.86. The van der Waals surface area contributed by atoms with Crippen LogP contribution in [0, 0.1) is 11.6 Å². The molecule has 0 bridgehead atoms. The summed E-state index contributed by atoms with van der Waals surface area (Å²) in [5, 5.41) is 13.1. The molecule has 0 saturated carbocycles. The van der Waals surface area contributed by atoms with E-state index in [2.05, 4.69) is 10.1 Å². The van der Waals surface area contributed by atoms with Crippen molar-refractivity contribution in [3.05, 3.63) is 29.8 Å². The van der Waals surface area contributed by atoms with Gasteiger partial charge in [0.15, 0.2) is 6.61 Å². The van der Waals surface area contributed by atoms with E-state index in [-0.39, 0.29) is 35.5 Å². The summed E-state index contributed by atoms with van der Waals surface area (Å²) in [6, 6.07) is 2.36. The molecule has 1 aromatic carbocycles. The Morgan fingerprint density at radius 3 is 2.83 bits per heavy atom. The van der Waals surface area contributed by atoms with Crippen LogP contribution < -0.4 is 4.74 Å². The van der Waals surface area contributed by atoms with Gasteiger partial charge in [-0.15, -0.1) is 0 Å². The standard InChI is InChI=1S/C13H13F2N3O5/c1-21-4-5-22-11(19)7-23-13-16-12(18(20)17-13)9-3-2-8(14)6-10(9)15/h2-3,6,20H,4-5,7H2,1H3. The zero-order valence-corrected chi connectivity index (χ0v) is 12.0. The minimum Gasteiger partial charge on any atom is -0.461 e. The van der Waals surface area contributed by atoms with E-state index in [4.69, 9.17) is 14.2 Å². The first-order chi connectivity index (χ1) is 11.0. The van der Waals surface area contributed by atoms with Crippen molar-refractivity contribution in [2.75, 3.05) is 26.9 Å². The van der Waals surface area contributed by atoms with Gasteiger partial charge in [-0.25, -0.2) is 13.6 Å². The first-order valence-corrected chi connectivity index (χ1v) is 6.40. The van der Waals surface area contributed by atoms with Crippen molar-refractivity contribution in [1.82, 2.24) is 14.9 Å². The van der Waals surface area contributed by atoms with Crippen molar-refractivity contribution in [3.63, 3.8) is 0 Å². The van der Waals surface area contributed by atoms with Gasteiger partial charge in [-0.1, -0.05) is 9.94 Å². The van der Waals surface area contributed by atoms with Gasteiger partial charge in [0.1, 0.15) is 18.2 Å². The third-order valence-corrected chi connectivity index (χ3v) is 2.61. The molecule has 23 heavy (non-hydrogen) atoms. The molecule has 0 saturated heterocycles. The number of methoxy groups -OCH3 is 1. The van der Waals surface area contributed by atoms with E-state index in [9.17, 15) is 18.8 Å². The number of carbonyl (C=O) groups excluding carboxylic acids is 1. The topological polar surface area (TPSA) is 95.7 Å². The van der Waals surface area contributed by atoms with E-state index < -0.39 is 24.2 Å². The lowest BCUT2D eigenvalue weighted by molar-refractivity contribution is -0.147. The Kier molecular flexibility index (Phi) is 5.41. The monoisotopic (exact) mass is 329 g/mol. The first-order valence-electron chi connectivity index (χ1n) is 6.40. The van der Waals surface area contributed by atoms with Crippen LogP contribution in [-0.4, -0.2) is 53.0 Å². The molecule has 0 aliphatic heterocycles. The summed E-state index contributed by atoms with van der Waals surface area (Å²) in [6.45, 7) is -0.199. The Morgan fingerprint density at radius 2 is 2.13 bits per heavy atom. The Morgan fingerprint density at radius 1 is 1.35 bits per heavy atom. The molecule has 0 atom stereocenters. The zero-order chi connectivity index (χ0) is 16.8. The summed E-state index contributed by atoms with van der Waals surface area (Å²) in [6.07, 6.45) is 0. The van der Waals surface area contributed by atoms with Crippen LogP contribution in [0.1, 0.15) is 0 Å². The molecule has 124 valence electrons. The van der Waals surface area contributed by atoms with Gasteiger partial charge in [0, 0.05) is 13.2 Å². The van der Waals surface area contributed by atoms with Crippen molar-refractivity contribution < 1.29 is 33.0 Å². The molecule has 8 nitrogen and oxygen atoms in total. The van der Waals surface area contributed by atoms with E-state index >= 15 is 0 Å².